The Kier molecular flexibility index (Phi) is 11.6. The van der Waals surface area contributed by atoms with E-state index in [1.54, 1.807) is 12.1 Å². The number of hydrogen-bond donors (Lipinski definition) is 2. The third-order valence-electron chi connectivity index (χ3n) is 6.01. The average molecular weight is 548 g/mol. The van der Waals surface area contributed by atoms with E-state index in [0.29, 0.717) is 35.1 Å². The summed E-state index contributed by atoms with van der Waals surface area (Å²) in [7, 11) is 0. The predicted octanol–water partition coefficient (Wildman–Crippen LogP) is 5.70. The fourth-order valence-electron chi connectivity index (χ4n) is 3.96. The number of aromatic nitrogens is 2. The summed E-state index contributed by atoms with van der Waals surface area (Å²) in [5.41, 5.74) is 4.54. The van der Waals surface area contributed by atoms with E-state index in [1.807, 2.05) is 98.1 Å². The maximum absolute atomic E-state index is 13.3. The van der Waals surface area contributed by atoms with E-state index in [9.17, 15) is 14.7 Å². The molecule has 2 N–H and O–H groups in total. The van der Waals surface area contributed by atoms with Crippen molar-refractivity contribution in [1.82, 2.24) is 15.5 Å². The Labute approximate surface area is 250 Å². The predicted molar refractivity (Wildman–Crippen MR) is 163 cm³/mol. The van der Waals surface area contributed by atoms with Crippen LogP contribution in [0.5, 0.6) is 11.6 Å². The summed E-state index contributed by atoms with van der Waals surface area (Å²) in [4.78, 5) is 25.0. The standard InChI is InChI=1S/C31H29N3O4S.Li.H/c1-21-8-6-7-11-25(21)27-20-22(13-16-26(27)30(35)32-28(31(36)37)18-19-39-2)12-14-23-15-17-29(34-33-23)38-24-9-4-3-5-10-24;;/h3-17,20,28H,18-19H2,1-2H3,(H,32,35)(H,36,37);;/t28-;;/m0../s1. The summed E-state index contributed by atoms with van der Waals surface area (Å²) in [6.07, 6.45) is 5.98. The zero-order chi connectivity index (χ0) is 27.6. The number of nitrogens with zero attached hydrogens (tertiary/aromatic N) is 2. The van der Waals surface area contributed by atoms with Crippen LogP contribution in [0.3, 0.4) is 0 Å². The number of benzene rings is 3. The number of carboxylic acid groups (broad SMARTS) is 1. The molecule has 1 aromatic heterocycles. The van der Waals surface area contributed by atoms with E-state index in [4.69, 9.17) is 4.74 Å². The number of carbonyl (C=O) groups is 2. The molecule has 0 unspecified atom stereocenters. The van der Waals surface area contributed by atoms with Gasteiger partial charge in [-0.3, -0.25) is 4.79 Å². The molecule has 0 bridgehead atoms. The molecule has 0 spiro atoms. The van der Waals surface area contributed by atoms with Gasteiger partial charge in [0.1, 0.15) is 11.8 Å². The molecule has 0 aliphatic heterocycles. The van der Waals surface area contributed by atoms with Crippen LogP contribution in [0.4, 0.5) is 0 Å². The van der Waals surface area contributed by atoms with Gasteiger partial charge in [0.2, 0.25) is 5.88 Å². The second kappa shape index (κ2) is 15.1. The van der Waals surface area contributed by atoms with Crippen molar-refractivity contribution in [2.75, 3.05) is 12.0 Å². The number of carboxylic acids is 1. The Morgan fingerprint density at radius 2 is 1.70 bits per heavy atom. The van der Waals surface area contributed by atoms with Crippen LogP contribution in [-0.4, -0.2) is 64.1 Å². The van der Waals surface area contributed by atoms with Crippen LogP contribution in [0.25, 0.3) is 23.3 Å². The molecule has 0 aliphatic carbocycles. The van der Waals surface area contributed by atoms with Gasteiger partial charge in [-0.05, 0) is 84.0 Å². The third-order valence-corrected chi connectivity index (χ3v) is 6.65. The number of amides is 1. The number of para-hydroxylation sites is 1. The molecule has 3 aromatic carbocycles. The van der Waals surface area contributed by atoms with Crippen LogP contribution >= 0.6 is 11.8 Å². The maximum atomic E-state index is 13.3. The zero-order valence-electron chi connectivity index (χ0n) is 21.7. The quantitative estimate of drug-likeness (QED) is 0.232. The topological polar surface area (TPSA) is 101 Å². The number of aliphatic carboxylic acids is 1. The molecule has 40 heavy (non-hydrogen) atoms. The van der Waals surface area contributed by atoms with E-state index in [-0.39, 0.29) is 18.9 Å². The summed E-state index contributed by atoms with van der Waals surface area (Å²) < 4.78 is 5.70. The Bertz CT molecular complexity index is 1460. The molecule has 0 aliphatic rings. The molecule has 7 nitrogen and oxygen atoms in total. The SMILES string of the molecule is CSCC[C@H](NC(=O)c1ccc(C=Cc2ccc(Oc3ccccc3)nn2)cc1-c1ccccc1C)C(=O)O.[LiH]. The number of ether oxygens (including phenoxy) is 1. The molecule has 0 radical (unpaired) electrons. The molecule has 200 valence electrons. The third kappa shape index (κ3) is 8.33. The fraction of sp³-hybridized carbons (Fsp3) is 0.161. The van der Waals surface area contributed by atoms with Crippen LogP contribution in [-0.2, 0) is 4.79 Å². The molecule has 0 saturated carbocycles. The van der Waals surface area contributed by atoms with Crippen LogP contribution in [0.1, 0.15) is 33.6 Å². The van der Waals surface area contributed by atoms with Gasteiger partial charge < -0.3 is 15.2 Å². The van der Waals surface area contributed by atoms with E-state index in [0.717, 1.165) is 22.3 Å². The van der Waals surface area contributed by atoms with Crippen LogP contribution in [0, 0.1) is 6.92 Å². The Balaban J connectivity index is 0.00000441. The molecule has 0 saturated heterocycles. The number of rotatable bonds is 11. The van der Waals surface area contributed by atoms with Crippen LogP contribution in [0.2, 0.25) is 0 Å². The van der Waals surface area contributed by atoms with Crippen molar-refractivity contribution < 1.29 is 19.4 Å². The fourth-order valence-corrected chi connectivity index (χ4v) is 4.43. The molecule has 1 amide bonds. The van der Waals surface area contributed by atoms with Gasteiger partial charge in [0, 0.05) is 11.6 Å². The van der Waals surface area contributed by atoms with Crippen molar-refractivity contribution >= 4 is 54.7 Å². The minimum atomic E-state index is -1.05. The monoisotopic (exact) mass is 547 g/mol. The van der Waals surface area contributed by atoms with Crippen LogP contribution in [0.15, 0.2) is 84.9 Å². The van der Waals surface area contributed by atoms with Crippen LogP contribution < -0.4 is 10.1 Å². The molecule has 1 atom stereocenters. The van der Waals surface area contributed by atoms with Crippen molar-refractivity contribution in [3.05, 3.63) is 107 Å². The summed E-state index contributed by atoms with van der Waals surface area (Å²) >= 11 is 1.54. The van der Waals surface area contributed by atoms with Crippen molar-refractivity contribution in [2.24, 2.45) is 0 Å². The Morgan fingerprint density at radius 3 is 2.38 bits per heavy atom. The van der Waals surface area contributed by atoms with E-state index in [1.165, 1.54) is 11.8 Å². The average Bonchev–Trinajstić information content (AvgIpc) is 2.95. The Hall–Kier alpha value is -3.83. The molecule has 1 heterocycles. The van der Waals surface area contributed by atoms with Gasteiger partial charge in [0.05, 0.1) is 5.69 Å². The Morgan fingerprint density at radius 1 is 0.950 bits per heavy atom. The first-order valence-electron chi connectivity index (χ1n) is 12.4. The van der Waals surface area contributed by atoms with E-state index >= 15 is 0 Å². The zero-order valence-corrected chi connectivity index (χ0v) is 22.5. The molecule has 4 aromatic rings. The van der Waals surface area contributed by atoms with Gasteiger partial charge in [-0.1, -0.05) is 54.6 Å². The molecular weight excluding hydrogens is 517 g/mol. The number of nitrogens with one attached hydrogen (secondary N) is 1. The van der Waals surface area contributed by atoms with Gasteiger partial charge in [-0.2, -0.15) is 11.8 Å². The molecule has 0 fully saturated rings. The number of aryl methyl sites for hydroxylation is 1. The van der Waals surface area contributed by atoms with Gasteiger partial charge in [0.25, 0.3) is 5.91 Å². The summed E-state index contributed by atoms with van der Waals surface area (Å²) in [6, 6.07) is 25.2. The first-order valence-corrected chi connectivity index (χ1v) is 13.8. The first-order chi connectivity index (χ1) is 18.9. The van der Waals surface area contributed by atoms with Gasteiger partial charge in [-0.15, -0.1) is 10.2 Å². The second-order valence-electron chi connectivity index (χ2n) is 8.81. The number of thioether (sulfide) groups is 1. The van der Waals surface area contributed by atoms with E-state index in [2.05, 4.69) is 15.5 Å². The molecule has 4 rings (SSSR count). The summed E-state index contributed by atoms with van der Waals surface area (Å²) in [6.45, 7) is 1.98. The minimum absolute atomic E-state index is 0. The van der Waals surface area contributed by atoms with Crippen molar-refractivity contribution in [2.45, 2.75) is 19.4 Å². The second-order valence-corrected chi connectivity index (χ2v) is 9.80. The number of hydrogen-bond acceptors (Lipinski definition) is 6. The van der Waals surface area contributed by atoms with Gasteiger partial charge in [0.15, 0.2) is 0 Å². The molecular formula is C31H30LiN3O4S. The number of carbonyl (C=O) groups excluding carboxylic acids is 1. The summed E-state index contributed by atoms with van der Waals surface area (Å²) in [5, 5.41) is 20.6. The van der Waals surface area contributed by atoms with E-state index < -0.39 is 17.9 Å². The molecule has 9 heteroatoms. The van der Waals surface area contributed by atoms with Crippen molar-refractivity contribution in [3.63, 3.8) is 0 Å². The van der Waals surface area contributed by atoms with Gasteiger partial charge >= 0.3 is 24.8 Å². The summed E-state index contributed by atoms with van der Waals surface area (Å²) in [5.74, 6) is 0.246. The van der Waals surface area contributed by atoms with Gasteiger partial charge in [-0.25, -0.2) is 4.79 Å². The normalized spacial score (nSPS) is 11.4. The first kappa shape index (κ1) is 30.7. The van der Waals surface area contributed by atoms with Crippen molar-refractivity contribution in [1.29, 1.82) is 0 Å². The van der Waals surface area contributed by atoms with Crippen molar-refractivity contribution in [3.8, 4) is 22.8 Å².